The molecule has 2 aromatic rings. The summed E-state index contributed by atoms with van der Waals surface area (Å²) >= 11 is 0. The van der Waals surface area contributed by atoms with E-state index in [-0.39, 0.29) is 51.1 Å². The minimum atomic E-state index is -1.16. The molecule has 9 heteroatoms. The Bertz CT molecular complexity index is 2000. The van der Waals surface area contributed by atoms with Gasteiger partial charge in [0.2, 0.25) is 17.6 Å². The van der Waals surface area contributed by atoms with E-state index in [4.69, 9.17) is 14.2 Å². The molecule has 322 valence electrons. The third-order valence-corrected chi connectivity index (χ3v) is 20.2. The van der Waals surface area contributed by atoms with Crippen LogP contribution in [0.5, 0.6) is 0 Å². The Kier molecular flexibility index (Phi) is 9.33. The van der Waals surface area contributed by atoms with Gasteiger partial charge in [0, 0.05) is 17.5 Å². The highest BCUT2D eigenvalue weighted by molar-refractivity contribution is 5.85. The van der Waals surface area contributed by atoms with Crippen LogP contribution in [0.4, 0.5) is 0 Å². The lowest BCUT2D eigenvalue weighted by Gasteiger charge is -2.76. The molecular formula is C50H71N3O6. The summed E-state index contributed by atoms with van der Waals surface area (Å²) in [4.78, 5) is 47.9. The molecule has 11 atom stereocenters. The van der Waals surface area contributed by atoms with Crippen molar-refractivity contribution in [3.63, 3.8) is 0 Å². The number of carbonyl (C=O) groups excluding carboxylic acids is 2. The Hall–Kier alpha value is -3.23. The van der Waals surface area contributed by atoms with E-state index in [1.54, 1.807) is 13.8 Å². The van der Waals surface area contributed by atoms with Crippen LogP contribution in [0.15, 0.2) is 34.9 Å². The Morgan fingerprint density at radius 1 is 0.831 bits per heavy atom. The fourth-order valence-electron chi connectivity index (χ4n) is 16.3. The molecule has 1 N–H and O–H groups in total. The van der Waals surface area contributed by atoms with Crippen LogP contribution < -0.4 is 0 Å². The van der Waals surface area contributed by atoms with E-state index in [1.165, 1.54) is 19.3 Å². The number of hydrogen-bond donors (Lipinski definition) is 1. The lowest BCUT2D eigenvalue weighted by atomic mass is 9.28. The molecule has 7 fully saturated rings. The number of carboxylic acids is 1. The second-order valence-electron chi connectivity index (χ2n) is 23.5. The van der Waals surface area contributed by atoms with Gasteiger partial charge in [-0.2, -0.15) is 4.98 Å². The number of amides is 1. The largest absolute Gasteiger partial charge is 0.481 e. The fraction of sp³-hybridized carbons (Fsp3) is 0.780. The SMILES string of the molecule is CC(C)(CC(=O)O[C@H]1CC[C@@]2(C)[C@@H](CCC3(C)[C@@H]2CC[C@]2(C)[C@H]4[C@H](C5(C)CC5)CC[C@]4(C(=O)N4CCCC4c4nc(-c5ccccc5)no4)CC[C@@]32C)C1(C)C)C(=O)O. The van der Waals surface area contributed by atoms with E-state index in [9.17, 15) is 14.7 Å². The molecule has 1 amide bonds. The minimum absolute atomic E-state index is 0.0154. The van der Waals surface area contributed by atoms with Crippen molar-refractivity contribution in [2.45, 2.75) is 171 Å². The molecule has 1 saturated heterocycles. The zero-order valence-corrected chi connectivity index (χ0v) is 37.5. The van der Waals surface area contributed by atoms with Crippen LogP contribution in [0.2, 0.25) is 0 Å². The number of ether oxygens (including phenoxy) is 1. The van der Waals surface area contributed by atoms with Crippen LogP contribution in [-0.2, 0) is 19.1 Å². The third-order valence-electron chi connectivity index (χ3n) is 20.2. The number of carboxylic acid groups (broad SMARTS) is 1. The van der Waals surface area contributed by atoms with Crippen LogP contribution >= 0.6 is 0 Å². The lowest BCUT2D eigenvalue weighted by molar-refractivity contribution is -0.279. The van der Waals surface area contributed by atoms with Gasteiger partial charge in [-0.1, -0.05) is 84.0 Å². The molecule has 6 aliphatic carbocycles. The van der Waals surface area contributed by atoms with Gasteiger partial charge in [0.25, 0.3) is 0 Å². The molecule has 1 aromatic heterocycles. The molecule has 2 unspecified atom stereocenters. The van der Waals surface area contributed by atoms with Crippen molar-refractivity contribution in [2.75, 3.05) is 6.54 Å². The van der Waals surface area contributed by atoms with Gasteiger partial charge in [0.15, 0.2) is 0 Å². The van der Waals surface area contributed by atoms with Crippen molar-refractivity contribution in [1.29, 1.82) is 0 Å². The van der Waals surface area contributed by atoms with Gasteiger partial charge in [-0.3, -0.25) is 14.4 Å². The van der Waals surface area contributed by atoms with Gasteiger partial charge < -0.3 is 19.3 Å². The summed E-state index contributed by atoms with van der Waals surface area (Å²) < 4.78 is 12.2. The Labute approximate surface area is 352 Å². The van der Waals surface area contributed by atoms with Crippen LogP contribution in [-0.4, -0.2) is 50.6 Å². The monoisotopic (exact) mass is 810 g/mol. The van der Waals surface area contributed by atoms with E-state index >= 15 is 4.79 Å². The average Bonchev–Trinajstić information content (AvgIpc) is 3.57. The predicted octanol–water partition coefficient (Wildman–Crippen LogP) is 11.1. The number of likely N-dealkylation sites (tertiary alicyclic amines) is 1. The summed E-state index contributed by atoms with van der Waals surface area (Å²) in [5.74, 6) is 1.97. The molecule has 6 saturated carbocycles. The van der Waals surface area contributed by atoms with Gasteiger partial charge >= 0.3 is 11.9 Å². The molecule has 9 nitrogen and oxygen atoms in total. The maximum Gasteiger partial charge on any atom is 0.309 e. The molecule has 7 aliphatic rings. The third kappa shape index (κ3) is 5.76. The molecule has 59 heavy (non-hydrogen) atoms. The van der Waals surface area contributed by atoms with Crippen molar-refractivity contribution in [3.8, 4) is 11.4 Å². The summed E-state index contributed by atoms with van der Waals surface area (Å²) in [6.45, 7) is 21.7. The van der Waals surface area contributed by atoms with E-state index < -0.39 is 17.4 Å². The Morgan fingerprint density at radius 2 is 1.53 bits per heavy atom. The van der Waals surface area contributed by atoms with Gasteiger partial charge in [0.05, 0.1) is 17.3 Å². The maximum absolute atomic E-state index is 15.7. The first-order valence-electron chi connectivity index (χ1n) is 23.3. The molecular weight excluding hydrogens is 739 g/mol. The smallest absolute Gasteiger partial charge is 0.309 e. The number of esters is 1. The molecule has 1 aliphatic heterocycles. The van der Waals surface area contributed by atoms with Gasteiger partial charge in [-0.25, -0.2) is 0 Å². The first kappa shape index (κ1) is 41.1. The minimum Gasteiger partial charge on any atom is -0.481 e. The topological polar surface area (TPSA) is 123 Å². The number of hydrogen-bond acceptors (Lipinski definition) is 7. The number of aliphatic carboxylic acids is 1. The standard InChI is InChI=1S/C50H71N3O6/c1-43(2,42(56)57)30-37(54)58-36-20-21-46(6)34(44(36,3)4)18-22-47(7)35(46)19-23-48(8)38-32(45(5)25-26-45)17-24-50(38,28-27-49(47,48)9)41(55)53-29-13-16-33(53)40-51-39(52-59-40)31-14-11-10-12-15-31/h10-12,14-15,32-36,38H,13,16-30H2,1-9H3,(H,56,57)/t32-,33?,34+,35-,36+,38-,46+,47?,48-,49+,50+/m1/s1. The second kappa shape index (κ2) is 13.4. The van der Waals surface area contributed by atoms with E-state index in [1.807, 2.05) is 30.3 Å². The van der Waals surface area contributed by atoms with Crippen LogP contribution in [0.3, 0.4) is 0 Å². The molecule has 0 radical (unpaired) electrons. The highest BCUT2D eigenvalue weighted by atomic mass is 16.5. The Balaban J connectivity index is 1.01. The van der Waals surface area contributed by atoms with E-state index in [0.29, 0.717) is 46.7 Å². The quantitative estimate of drug-likeness (QED) is 0.262. The van der Waals surface area contributed by atoms with Crippen molar-refractivity contribution in [1.82, 2.24) is 15.0 Å². The van der Waals surface area contributed by atoms with E-state index in [2.05, 4.69) is 58.5 Å². The van der Waals surface area contributed by atoms with Crippen molar-refractivity contribution >= 4 is 17.8 Å². The average molecular weight is 810 g/mol. The molecule has 9 rings (SSSR count). The van der Waals surface area contributed by atoms with Crippen molar-refractivity contribution < 1.29 is 28.8 Å². The summed E-state index contributed by atoms with van der Waals surface area (Å²) in [7, 11) is 0. The van der Waals surface area contributed by atoms with Gasteiger partial charge in [-0.15, -0.1) is 0 Å². The number of fused-ring (bicyclic) bond motifs is 7. The summed E-state index contributed by atoms with van der Waals surface area (Å²) in [6, 6.07) is 9.80. The summed E-state index contributed by atoms with van der Waals surface area (Å²) in [6.07, 6.45) is 14.6. The number of benzene rings is 1. The first-order valence-corrected chi connectivity index (χ1v) is 23.3. The van der Waals surface area contributed by atoms with Gasteiger partial charge in [0.1, 0.15) is 12.1 Å². The van der Waals surface area contributed by atoms with Crippen molar-refractivity contribution in [2.24, 2.45) is 67.0 Å². The highest BCUT2D eigenvalue weighted by Crippen LogP contribution is 2.83. The lowest BCUT2D eigenvalue weighted by Crippen LogP contribution is -2.71. The van der Waals surface area contributed by atoms with Crippen LogP contribution in [0, 0.1) is 67.0 Å². The summed E-state index contributed by atoms with van der Waals surface area (Å²) in [5, 5.41) is 14.1. The summed E-state index contributed by atoms with van der Waals surface area (Å²) in [5.41, 5.74) is -0.231. The molecule has 0 bridgehead atoms. The van der Waals surface area contributed by atoms with Crippen LogP contribution in [0.25, 0.3) is 11.4 Å². The number of rotatable bonds is 8. The maximum atomic E-state index is 15.7. The Morgan fingerprint density at radius 3 is 2.22 bits per heavy atom. The molecule has 0 spiro atoms. The number of nitrogens with zero attached hydrogens (tertiary/aromatic N) is 3. The zero-order chi connectivity index (χ0) is 42.2. The first-order chi connectivity index (χ1) is 27.7. The molecule has 1 aromatic carbocycles. The molecule has 2 heterocycles. The fourth-order valence-corrected chi connectivity index (χ4v) is 16.3. The van der Waals surface area contributed by atoms with Crippen LogP contribution in [0.1, 0.15) is 171 Å². The van der Waals surface area contributed by atoms with Gasteiger partial charge in [-0.05, 0) is 154 Å². The number of carbonyl (C=O) groups is 3. The number of aromatic nitrogens is 2. The highest BCUT2D eigenvalue weighted by Gasteiger charge is 2.77. The normalized spacial score (nSPS) is 41.9. The predicted molar refractivity (Wildman–Crippen MR) is 225 cm³/mol. The van der Waals surface area contributed by atoms with E-state index in [0.717, 1.165) is 82.7 Å². The second-order valence-corrected chi connectivity index (χ2v) is 23.5. The zero-order valence-electron chi connectivity index (χ0n) is 37.5. The van der Waals surface area contributed by atoms with Crippen molar-refractivity contribution in [3.05, 3.63) is 36.2 Å².